The van der Waals surface area contributed by atoms with Gasteiger partial charge in [0.1, 0.15) is 6.10 Å². The van der Waals surface area contributed by atoms with Crippen molar-refractivity contribution in [1.29, 1.82) is 5.26 Å². The third-order valence-corrected chi connectivity index (χ3v) is 4.67. The van der Waals surface area contributed by atoms with Gasteiger partial charge in [-0.05, 0) is 48.3 Å². The molecule has 0 heterocycles. The molecule has 1 fully saturated rings. The van der Waals surface area contributed by atoms with Crippen LogP contribution in [0.4, 0.5) is 0 Å². The second-order valence-corrected chi connectivity index (χ2v) is 6.81. The quantitative estimate of drug-likeness (QED) is 0.776. The molecule has 0 bridgehead atoms. The monoisotopic (exact) mass is 299 g/mol. The highest BCUT2D eigenvalue weighted by Gasteiger charge is 2.33. The first-order valence-electron chi connectivity index (χ1n) is 8.18. The van der Waals surface area contributed by atoms with Crippen molar-refractivity contribution >= 4 is 5.97 Å². The molecule has 2 rings (SSSR count). The number of benzene rings is 1. The Hall–Kier alpha value is -1.82. The first kappa shape index (κ1) is 16.5. The predicted molar refractivity (Wildman–Crippen MR) is 86.3 cm³/mol. The molecule has 3 heteroatoms. The molecule has 3 atom stereocenters. The van der Waals surface area contributed by atoms with E-state index in [0.717, 1.165) is 18.4 Å². The standard InChI is InChI=1S/C19H25NO2/c1-13(2)17-8-7-14(3)11-18(17)22-19(21)16-6-4-5-15(12-16)9-10-20/h4-6,12-14,17-18H,7-9,11H2,1-3H3. The first-order valence-corrected chi connectivity index (χ1v) is 8.18. The molecular formula is C19H25NO2. The van der Waals surface area contributed by atoms with E-state index in [1.165, 1.54) is 6.42 Å². The van der Waals surface area contributed by atoms with Crippen LogP contribution in [0.5, 0.6) is 0 Å². The lowest BCUT2D eigenvalue weighted by Crippen LogP contribution is -2.35. The lowest BCUT2D eigenvalue weighted by atomic mass is 9.75. The number of rotatable bonds is 4. The van der Waals surface area contributed by atoms with E-state index in [0.29, 0.717) is 29.7 Å². The highest BCUT2D eigenvalue weighted by Crippen LogP contribution is 2.35. The van der Waals surface area contributed by atoms with Gasteiger partial charge in [0.15, 0.2) is 0 Å². The molecule has 0 aliphatic heterocycles. The fourth-order valence-electron chi connectivity index (χ4n) is 3.36. The van der Waals surface area contributed by atoms with Crippen molar-refractivity contribution < 1.29 is 9.53 Å². The molecule has 1 saturated carbocycles. The van der Waals surface area contributed by atoms with Gasteiger partial charge >= 0.3 is 5.97 Å². The molecule has 0 amide bonds. The minimum Gasteiger partial charge on any atom is -0.458 e. The van der Waals surface area contributed by atoms with Crippen LogP contribution in [0.2, 0.25) is 0 Å². The molecule has 0 saturated heterocycles. The fourth-order valence-corrected chi connectivity index (χ4v) is 3.36. The second kappa shape index (κ2) is 7.45. The smallest absolute Gasteiger partial charge is 0.338 e. The number of nitrogens with zero attached hydrogens (tertiary/aromatic N) is 1. The molecule has 3 nitrogen and oxygen atoms in total. The van der Waals surface area contributed by atoms with E-state index in [1.54, 1.807) is 12.1 Å². The molecule has 0 spiro atoms. The number of ether oxygens (including phenoxy) is 1. The zero-order valence-corrected chi connectivity index (χ0v) is 13.7. The van der Waals surface area contributed by atoms with Gasteiger partial charge in [0, 0.05) is 0 Å². The minimum absolute atomic E-state index is 0.0101. The summed E-state index contributed by atoms with van der Waals surface area (Å²) in [5, 5.41) is 8.77. The lowest BCUT2D eigenvalue weighted by Gasteiger charge is -2.36. The molecule has 3 unspecified atom stereocenters. The number of esters is 1. The van der Waals surface area contributed by atoms with Crippen molar-refractivity contribution in [3.8, 4) is 6.07 Å². The SMILES string of the molecule is CC1CCC(C(C)C)C(OC(=O)c2cccc(CC#N)c2)C1. The van der Waals surface area contributed by atoms with Gasteiger partial charge < -0.3 is 4.74 Å². The number of nitriles is 1. The maximum absolute atomic E-state index is 12.4. The molecule has 0 N–H and O–H groups in total. The lowest BCUT2D eigenvalue weighted by molar-refractivity contribution is -0.0174. The summed E-state index contributed by atoms with van der Waals surface area (Å²) in [6.07, 6.45) is 3.62. The van der Waals surface area contributed by atoms with E-state index in [-0.39, 0.29) is 12.1 Å². The van der Waals surface area contributed by atoms with Crippen LogP contribution in [0.3, 0.4) is 0 Å². The first-order chi connectivity index (χ1) is 10.5. The van der Waals surface area contributed by atoms with Crippen LogP contribution in [0.25, 0.3) is 0 Å². The van der Waals surface area contributed by atoms with Crippen LogP contribution < -0.4 is 0 Å². The molecule has 118 valence electrons. The van der Waals surface area contributed by atoms with E-state index < -0.39 is 0 Å². The molecule has 0 aromatic heterocycles. The second-order valence-electron chi connectivity index (χ2n) is 6.81. The average molecular weight is 299 g/mol. The third-order valence-electron chi connectivity index (χ3n) is 4.67. The summed E-state index contributed by atoms with van der Waals surface area (Å²) in [6, 6.07) is 9.31. The summed E-state index contributed by atoms with van der Waals surface area (Å²) >= 11 is 0. The van der Waals surface area contributed by atoms with Gasteiger partial charge in [-0.3, -0.25) is 0 Å². The Morgan fingerprint density at radius 1 is 1.41 bits per heavy atom. The molecule has 0 radical (unpaired) electrons. The van der Waals surface area contributed by atoms with Crippen LogP contribution in [0.15, 0.2) is 24.3 Å². The summed E-state index contributed by atoms with van der Waals surface area (Å²) < 4.78 is 5.83. The Morgan fingerprint density at radius 3 is 2.86 bits per heavy atom. The summed E-state index contributed by atoms with van der Waals surface area (Å²) in [5.74, 6) is 1.32. The summed E-state index contributed by atoms with van der Waals surface area (Å²) in [4.78, 5) is 12.4. The molecule has 1 aliphatic rings. The van der Waals surface area contributed by atoms with E-state index in [9.17, 15) is 4.79 Å². The zero-order valence-electron chi connectivity index (χ0n) is 13.7. The highest BCUT2D eigenvalue weighted by molar-refractivity contribution is 5.89. The van der Waals surface area contributed by atoms with E-state index in [4.69, 9.17) is 10.00 Å². The number of hydrogen-bond donors (Lipinski definition) is 0. The topological polar surface area (TPSA) is 50.1 Å². The molecule has 22 heavy (non-hydrogen) atoms. The van der Waals surface area contributed by atoms with Crippen molar-refractivity contribution in [2.24, 2.45) is 17.8 Å². The maximum atomic E-state index is 12.4. The molecule has 1 aromatic rings. The minimum atomic E-state index is -0.260. The van der Waals surface area contributed by atoms with Crippen LogP contribution in [0.1, 0.15) is 56.0 Å². The normalized spacial score (nSPS) is 24.8. The van der Waals surface area contributed by atoms with E-state index in [1.807, 2.05) is 12.1 Å². The van der Waals surface area contributed by atoms with Gasteiger partial charge in [-0.2, -0.15) is 5.26 Å². The van der Waals surface area contributed by atoms with Crippen LogP contribution in [-0.2, 0) is 11.2 Å². The molecular weight excluding hydrogens is 274 g/mol. The van der Waals surface area contributed by atoms with Crippen LogP contribution >= 0.6 is 0 Å². The number of hydrogen-bond acceptors (Lipinski definition) is 3. The fraction of sp³-hybridized carbons (Fsp3) is 0.579. The van der Waals surface area contributed by atoms with E-state index in [2.05, 4.69) is 26.8 Å². The summed E-state index contributed by atoms with van der Waals surface area (Å²) in [5.41, 5.74) is 1.41. The van der Waals surface area contributed by atoms with Gasteiger partial charge in [0.2, 0.25) is 0 Å². The van der Waals surface area contributed by atoms with Gasteiger partial charge in [0.05, 0.1) is 18.1 Å². The Bertz CT molecular complexity index is 559. The van der Waals surface area contributed by atoms with Gasteiger partial charge in [-0.25, -0.2) is 4.79 Å². The largest absolute Gasteiger partial charge is 0.458 e. The van der Waals surface area contributed by atoms with Crippen molar-refractivity contribution in [2.45, 2.75) is 52.6 Å². The molecule has 1 aliphatic carbocycles. The van der Waals surface area contributed by atoms with Crippen molar-refractivity contribution in [1.82, 2.24) is 0 Å². The number of carbonyl (C=O) groups is 1. The third kappa shape index (κ3) is 4.10. The molecule has 1 aromatic carbocycles. The van der Waals surface area contributed by atoms with Crippen LogP contribution in [-0.4, -0.2) is 12.1 Å². The van der Waals surface area contributed by atoms with Gasteiger partial charge in [-0.1, -0.05) is 39.3 Å². The Morgan fingerprint density at radius 2 is 2.18 bits per heavy atom. The average Bonchev–Trinajstić information content (AvgIpc) is 2.47. The van der Waals surface area contributed by atoms with Gasteiger partial charge in [-0.15, -0.1) is 0 Å². The van der Waals surface area contributed by atoms with Gasteiger partial charge in [0.25, 0.3) is 0 Å². The van der Waals surface area contributed by atoms with E-state index >= 15 is 0 Å². The van der Waals surface area contributed by atoms with Crippen molar-refractivity contribution in [3.63, 3.8) is 0 Å². The Kier molecular flexibility index (Phi) is 5.60. The van der Waals surface area contributed by atoms with Crippen molar-refractivity contribution in [3.05, 3.63) is 35.4 Å². The maximum Gasteiger partial charge on any atom is 0.338 e. The summed E-state index contributed by atoms with van der Waals surface area (Å²) in [7, 11) is 0. The highest BCUT2D eigenvalue weighted by atomic mass is 16.5. The Labute approximate surface area is 133 Å². The zero-order chi connectivity index (χ0) is 16.1. The van der Waals surface area contributed by atoms with Crippen LogP contribution in [0, 0.1) is 29.1 Å². The summed E-state index contributed by atoms with van der Waals surface area (Å²) in [6.45, 7) is 6.63. The van der Waals surface area contributed by atoms with Crippen molar-refractivity contribution in [2.75, 3.05) is 0 Å². The Balaban J connectivity index is 2.09. The predicted octanol–water partition coefficient (Wildman–Crippen LogP) is 4.37. The number of carbonyl (C=O) groups excluding carboxylic acids is 1.